The molecule has 6 nitrogen and oxygen atoms in total. The second kappa shape index (κ2) is 5.42. The fourth-order valence-corrected chi connectivity index (χ4v) is 3.51. The van der Waals surface area contributed by atoms with Crippen molar-refractivity contribution in [3.05, 3.63) is 46.2 Å². The topological polar surface area (TPSA) is 99.3 Å². The Labute approximate surface area is 126 Å². The molecule has 8 heteroatoms. The lowest BCUT2D eigenvalue weighted by Gasteiger charge is -2.10. The van der Waals surface area contributed by atoms with Crippen molar-refractivity contribution in [2.24, 2.45) is 0 Å². The summed E-state index contributed by atoms with van der Waals surface area (Å²) in [5.74, 6) is -1.21. The van der Waals surface area contributed by atoms with Crippen LogP contribution in [0.2, 0.25) is 5.02 Å². The second-order valence-electron chi connectivity index (χ2n) is 4.52. The van der Waals surface area contributed by atoms with Gasteiger partial charge in [0.2, 0.25) is 0 Å². The highest BCUT2D eigenvalue weighted by atomic mass is 35.5. The number of carboxylic acids is 1. The fourth-order valence-electron chi connectivity index (χ4n) is 2.00. The number of hydrogen-bond donors (Lipinski definition) is 3. The average molecular weight is 329 g/mol. The van der Waals surface area contributed by atoms with Gasteiger partial charge in [0, 0.05) is 16.9 Å². The van der Waals surface area contributed by atoms with Crippen LogP contribution < -0.4 is 4.72 Å². The van der Waals surface area contributed by atoms with Crippen molar-refractivity contribution in [2.75, 3.05) is 4.72 Å². The SMILES string of the molecule is Cc1cc(Cl)ccc1S(=O)(=O)Nc1c[nH]c(C)c1C(=O)O. The predicted octanol–water partition coefficient (Wildman–Crippen LogP) is 2.78. The van der Waals surface area contributed by atoms with Gasteiger partial charge in [-0.05, 0) is 37.6 Å². The van der Waals surface area contributed by atoms with Crippen LogP contribution in [-0.4, -0.2) is 24.5 Å². The molecule has 0 spiro atoms. The van der Waals surface area contributed by atoms with Gasteiger partial charge in [0.25, 0.3) is 10.0 Å². The third-order valence-electron chi connectivity index (χ3n) is 2.96. The average Bonchev–Trinajstić information content (AvgIpc) is 2.68. The first-order valence-corrected chi connectivity index (χ1v) is 7.78. The van der Waals surface area contributed by atoms with Crippen LogP contribution >= 0.6 is 11.6 Å². The molecule has 0 saturated carbocycles. The van der Waals surface area contributed by atoms with Crippen LogP contribution in [0.15, 0.2) is 29.3 Å². The molecule has 21 heavy (non-hydrogen) atoms. The van der Waals surface area contributed by atoms with Gasteiger partial charge in [-0.2, -0.15) is 0 Å². The Morgan fingerprint density at radius 1 is 1.33 bits per heavy atom. The summed E-state index contributed by atoms with van der Waals surface area (Å²) < 4.78 is 27.0. The molecule has 2 rings (SSSR count). The van der Waals surface area contributed by atoms with Crippen LogP contribution in [0.4, 0.5) is 5.69 Å². The zero-order valence-electron chi connectivity index (χ0n) is 11.3. The van der Waals surface area contributed by atoms with E-state index in [0.717, 1.165) is 0 Å². The number of carboxylic acid groups (broad SMARTS) is 1. The van der Waals surface area contributed by atoms with E-state index in [1.807, 2.05) is 0 Å². The van der Waals surface area contributed by atoms with Crippen LogP contribution in [0.1, 0.15) is 21.6 Å². The third-order valence-corrected chi connectivity index (χ3v) is 4.72. The van der Waals surface area contributed by atoms with Gasteiger partial charge in [0.15, 0.2) is 0 Å². The van der Waals surface area contributed by atoms with Crippen molar-refractivity contribution < 1.29 is 18.3 Å². The molecule has 1 heterocycles. The molecule has 0 amide bonds. The number of anilines is 1. The van der Waals surface area contributed by atoms with Gasteiger partial charge in [-0.15, -0.1) is 0 Å². The standard InChI is InChI=1S/C13H13ClN2O4S/c1-7-5-9(14)3-4-11(7)21(19,20)16-10-6-15-8(2)12(10)13(17)18/h3-6,15-16H,1-2H3,(H,17,18). The number of aromatic amines is 1. The molecule has 3 N–H and O–H groups in total. The number of hydrogen-bond acceptors (Lipinski definition) is 3. The number of H-pyrrole nitrogens is 1. The van der Waals surface area contributed by atoms with E-state index in [0.29, 0.717) is 16.3 Å². The number of aromatic carboxylic acids is 1. The number of benzene rings is 1. The van der Waals surface area contributed by atoms with Crippen molar-refractivity contribution in [1.82, 2.24) is 4.98 Å². The molecule has 1 aromatic heterocycles. The molecule has 0 radical (unpaired) electrons. The molecular formula is C13H13ClN2O4S. The Morgan fingerprint density at radius 3 is 2.57 bits per heavy atom. The molecule has 112 valence electrons. The lowest BCUT2D eigenvalue weighted by atomic mass is 10.2. The number of aryl methyl sites for hydroxylation is 2. The quantitative estimate of drug-likeness (QED) is 0.803. The Balaban J connectivity index is 2.45. The van der Waals surface area contributed by atoms with Gasteiger partial charge in [0.1, 0.15) is 5.56 Å². The third kappa shape index (κ3) is 3.03. The molecule has 0 aliphatic heterocycles. The first-order chi connectivity index (χ1) is 9.72. The van der Waals surface area contributed by atoms with Gasteiger partial charge in [0.05, 0.1) is 10.6 Å². The lowest BCUT2D eigenvalue weighted by molar-refractivity contribution is 0.0697. The Bertz CT molecular complexity index is 812. The largest absolute Gasteiger partial charge is 0.478 e. The van der Waals surface area contributed by atoms with Gasteiger partial charge >= 0.3 is 5.97 Å². The summed E-state index contributed by atoms with van der Waals surface area (Å²) in [5, 5.41) is 9.55. The molecule has 0 atom stereocenters. The van der Waals surface area contributed by atoms with Crippen molar-refractivity contribution in [2.45, 2.75) is 18.7 Å². The normalized spacial score (nSPS) is 11.4. The van der Waals surface area contributed by atoms with Crippen LogP contribution in [-0.2, 0) is 10.0 Å². The van der Waals surface area contributed by atoms with Crippen LogP contribution in [0.25, 0.3) is 0 Å². The molecular weight excluding hydrogens is 316 g/mol. The monoisotopic (exact) mass is 328 g/mol. The Kier molecular flexibility index (Phi) is 3.97. The summed E-state index contributed by atoms with van der Waals surface area (Å²) in [6, 6.07) is 4.36. The van der Waals surface area contributed by atoms with Crippen molar-refractivity contribution in [3.8, 4) is 0 Å². The molecule has 0 saturated heterocycles. The molecule has 2 aromatic rings. The number of carbonyl (C=O) groups is 1. The molecule has 0 aliphatic rings. The predicted molar refractivity (Wildman–Crippen MR) is 79.5 cm³/mol. The molecule has 0 aliphatic carbocycles. The zero-order valence-corrected chi connectivity index (χ0v) is 12.8. The zero-order chi connectivity index (χ0) is 15.8. The van der Waals surface area contributed by atoms with E-state index in [1.165, 1.54) is 24.4 Å². The van der Waals surface area contributed by atoms with Crippen LogP contribution in [0.3, 0.4) is 0 Å². The van der Waals surface area contributed by atoms with E-state index in [4.69, 9.17) is 16.7 Å². The van der Waals surface area contributed by atoms with Crippen LogP contribution in [0, 0.1) is 13.8 Å². The van der Waals surface area contributed by atoms with E-state index in [-0.39, 0.29) is 16.1 Å². The molecule has 0 bridgehead atoms. The van der Waals surface area contributed by atoms with E-state index in [9.17, 15) is 13.2 Å². The minimum absolute atomic E-state index is 0.00523. The number of rotatable bonds is 4. The first kappa shape index (κ1) is 15.4. The van der Waals surface area contributed by atoms with Crippen molar-refractivity contribution >= 4 is 33.3 Å². The number of aromatic nitrogens is 1. The highest BCUT2D eigenvalue weighted by Gasteiger charge is 2.22. The molecule has 0 unspecified atom stereocenters. The van der Waals surface area contributed by atoms with Gasteiger partial charge in [-0.1, -0.05) is 11.6 Å². The summed E-state index contributed by atoms with van der Waals surface area (Å²) in [6.45, 7) is 3.16. The summed E-state index contributed by atoms with van der Waals surface area (Å²) in [7, 11) is -3.90. The van der Waals surface area contributed by atoms with E-state index in [2.05, 4.69) is 9.71 Å². The van der Waals surface area contributed by atoms with Crippen LogP contribution in [0.5, 0.6) is 0 Å². The fraction of sp³-hybridized carbons (Fsp3) is 0.154. The van der Waals surface area contributed by atoms with Gasteiger partial charge < -0.3 is 10.1 Å². The maximum absolute atomic E-state index is 12.4. The number of sulfonamides is 1. The van der Waals surface area contributed by atoms with Crippen molar-refractivity contribution in [1.29, 1.82) is 0 Å². The first-order valence-electron chi connectivity index (χ1n) is 5.92. The highest BCUT2D eigenvalue weighted by molar-refractivity contribution is 7.92. The summed E-state index contributed by atoms with van der Waals surface area (Å²) >= 11 is 5.80. The maximum Gasteiger partial charge on any atom is 0.339 e. The molecule has 1 aromatic carbocycles. The van der Waals surface area contributed by atoms with Gasteiger partial charge in [-0.3, -0.25) is 4.72 Å². The summed E-state index contributed by atoms with van der Waals surface area (Å²) in [5.41, 5.74) is 0.728. The highest BCUT2D eigenvalue weighted by Crippen LogP contribution is 2.25. The molecule has 0 fully saturated rings. The maximum atomic E-state index is 12.4. The van der Waals surface area contributed by atoms with Crippen molar-refractivity contribution in [3.63, 3.8) is 0 Å². The Hall–Kier alpha value is -1.99. The second-order valence-corrected chi connectivity index (χ2v) is 6.61. The minimum atomic E-state index is -3.90. The number of halogens is 1. The smallest absolute Gasteiger partial charge is 0.339 e. The van der Waals surface area contributed by atoms with E-state index < -0.39 is 16.0 Å². The summed E-state index contributed by atoms with van der Waals surface area (Å²) in [6.07, 6.45) is 1.31. The summed E-state index contributed by atoms with van der Waals surface area (Å²) in [4.78, 5) is 13.9. The lowest BCUT2D eigenvalue weighted by Crippen LogP contribution is -2.16. The number of nitrogens with one attached hydrogen (secondary N) is 2. The van der Waals surface area contributed by atoms with E-state index >= 15 is 0 Å². The van der Waals surface area contributed by atoms with Gasteiger partial charge in [-0.25, -0.2) is 13.2 Å². The van der Waals surface area contributed by atoms with E-state index in [1.54, 1.807) is 13.8 Å². The minimum Gasteiger partial charge on any atom is -0.478 e. The Morgan fingerprint density at radius 2 is 2.00 bits per heavy atom.